The van der Waals surface area contributed by atoms with Crippen LogP contribution in [0.5, 0.6) is 0 Å². The molecule has 1 aromatic carbocycles. The zero-order valence-electron chi connectivity index (χ0n) is 11.5. The van der Waals surface area contributed by atoms with E-state index in [1.807, 2.05) is 12.1 Å². The summed E-state index contributed by atoms with van der Waals surface area (Å²) in [6.07, 6.45) is 1.84. The van der Waals surface area contributed by atoms with E-state index >= 15 is 0 Å². The van der Waals surface area contributed by atoms with Gasteiger partial charge in [-0.15, -0.1) is 10.2 Å². The molecule has 0 bridgehead atoms. The van der Waals surface area contributed by atoms with E-state index in [4.69, 9.17) is 20.6 Å². The fourth-order valence-electron chi connectivity index (χ4n) is 2.29. The summed E-state index contributed by atoms with van der Waals surface area (Å²) in [5.41, 5.74) is 12.2. The van der Waals surface area contributed by atoms with E-state index < -0.39 is 0 Å². The van der Waals surface area contributed by atoms with Crippen molar-refractivity contribution in [2.45, 2.75) is 18.8 Å². The van der Waals surface area contributed by atoms with Gasteiger partial charge in [-0.1, -0.05) is 0 Å². The molecule has 7 heteroatoms. The van der Waals surface area contributed by atoms with E-state index in [0.717, 1.165) is 31.6 Å². The van der Waals surface area contributed by atoms with Crippen LogP contribution < -0.4 is 11.5 Å². The van der Waals surface area contributed by atoms with Crippen LogP contribution in [-0.2, 0) is 4.74 Å². The van der Waals surface area contributed by atoms with Gasteiger partial charge in [0.1, 0.15) is 0 Å². The highest BCUT2D eigenvalue weighted by Gasteiger charge is 2.22. The van der Waals surface area contributed by atoms with Gasteiger partial charge in [-0.05, 0) is 37.1 Å². The van der Waals surface area contributed by atoms with E-state index in [1.165, 1.54) is 0 Å². The zero-order chi connectivity index (χ0) is 14.7. The van der Waals surface area contributed by atoms with Crippen molar-refractivity contribution in [2.24, 2.45) is 16.5 Å². The van der Waals surface area contributed by atoms with Gasteiger partial charge in [0.25, 0.3) is 0 Å². The summed E-state index contributed by atoms with van der Waals surface area (Å²) in [7, 11) is 0. The van der Waals surface area contributed by atoms with Crippen LogP contribution in [-0.4, -0.2) is 29.4 Å². The molecule has 0 amide bonds. The van der Waals surface area contributed by atoms with E-state index in [9.17, 15) is 0 Å². The first-order valence-electron chi connectivity index (χ1n) is 6.83. The van der Waals surface area contributed by atoms with Crippen molar-refractivity contribution in [2.75, 3.05) is 13.2 Å². The maximum absolute atomic E-state index is 5.77. The minimum atomic E-state index is 0.0299. The highest BCUT2D eigenvalue weighted by atomic mass is 16.5. The molecule has 21 heavy (non-hydrogen) atoms. The minimum absolute atomic E-state index is 0.0299. The number of nitrogens with zero attached hydrogens (tertiary/aromatic N) is 3. The number of nitrogens with two attached hydrogens (primary N) is 2. The Morgan fingerprint density at radius 2 is 1.81 bits per heavy atom. The first-order valence-corrected chi connectivity index (χ1v) is 6.83. The largest absolute Gasteiger partial charge is 0.420 e. The molecule has 7 nitrogen and oxygen atoms in total. The smallest absolute Gasteiger partial charge is 0.247 e. The van der Waals surface area contributed by atoms with Gasteiger partial charge in [-0.3, -0.25) is 0 Å². The van der Waals surface area contributed by atoms with E-state index in [0.29, 0.717) is 23.4 Å². The Labute approximate surface area is 122 Å². The molecular weight excluding hydrogens is 270 g/mol. The maximum Gasteiger partial charge on any atom is 0.247 e. The van der Waals surface area contributed by atoms with Crippen molar-refractivity contribution in [3.63, 3.8) is 0 Å². The molecule has 2 aromatic rings. The van der Waals surface area contributed by atoms with E-state index in [1.54, 1.807) is 12.1 Å². The summed E-state index contributed by atoms with van der Waals surface area (Å²) < 4.78 is 11.1. The third kappa shape index (κ3) is 3.19. The minimum Gasteiger partial charge on any atom is -0.420 e. The van der Waals surface area contributed by atoms with E-state index in [-0.39, 0.29) is 5.96 Å². The summed E-state index contributed by atoms with van der Waals surface area (Å²) in [5.74, 6) is 1.51. The fraction of sp³-hybridized carbons (Fsp3) is 0.357. The van der Waals surface area contributed by atoms with Gasteiger partial charge in [0.15, 0.2) is 5.96 Å². The standard InChI is InChI=1S/C14H17N5O2/c15-14(16)17-11-3-1-9(2-4-11)12-18-19-13(21-12)10-5-7-20-8-6-10/h1-4,10H,5-8H2,(H4,15,16,17). The van der Waals surface area contributed by atoms with Gasteiger partial charge < -0.3 is 20.6 Å². The highest BCUT2D eigenvalue weighted by molar-refractivity contribution is 5.79. The molecule has 4 N–H and O–H groups in total. The van der Waals surface area contributed by atoms with Crippen LogP contribution in [0.1, 0.15) is 24.7 Å². The monoisotopic (exact) mass is 287 g/mol. The average molecular weight is 287 g/mol. The maximum atomic E-state index is 5.77. The molecule has 110 valence electrons. The van der Waals surface area contributed by atoms with Crippen LogP contribution in [0.4, 0.5) is 5.69 Å². The predicted octanol–water partition coefficient (Wildman–Crippen LogP) is 1.54. The Balaban J connectivity index is 1.77. The van der Waals surface area contributed by atoms with Crippen LogP contribution in [0.2, 0.25) is 0 Å². The number of aromatic nitrogens is 2. The normalized spacial score (nSPS) is 15.8. The Morgan fingerprint density at radius 1 is 1.10 bits per heavy atom. The van der Waals surface area contributed by atoms with Crippen LogP contribution in [0.3, 0.4) is 0 Å². The van der Waals surface area contributed by atoms with Gasteiger partial charge >= 0.3 is 0 Å². The molecule has 1 saturated heterocycles. The highest BCUT2D eigenvalue weighted by Crippen LogP contribution is 2.28. The van der Waals surface area contributed by atoms with Crippen molar-refractivity contribution in [3.8, 4) is 11.5 Å². The number of rotatable bonds is 3. The molecule has 0 unspecified atom stereocenters. The number of ether oxygens (including phenoxy) is 1. The molecule has 0 saturated carbocycles. The lowest BCUT2D eigenvalue weighted by Crippen LogP contribution is -2.21. The van der Waals surface area contributed by atoms with Gasteiger partial charge in [-0.2, -0.15) is 0 Å². The second-order valence-corrected chi connectivity index (χ2v) is 4.92. The van der Waals surface area contributed by atoms with Gasteiger partial charge in [0.05, 0.1) is 5.69 Å². The number of guanidine groups is 1. The molecule has 3 rings (SSSR count). The summed E-state index contributed by atoms with van der Waals surface area (Å²) in [6.45, 7) is 1.49. The van der Waals surface area contributed by atoms with Crippen molar-refractivity contribution in [1.29, 1.82) is 0 Å². The van der Waals surface area contributed by atoms with Crippen LogP contribution in [0.25, 0.3) is 11.5 Å². The molecule has 2 heterocycles. The number of benzene rings is 1. The summed E-state index contributed by atoms with van der Waals surface area (Å²) in [5, 5.41) is 8.26. The second kappa shape index (κ2) is 5.92. The SMILES string of the molecule is NC(N)=Nc1ccc(-c2nnc(C3CCOCC3)o2)cc1. The Morgan fingerprint density at radius 3 is 2.48 bits per heavy atom. The molecular formula is C14H17N5O2. The lowest BCUT2D eigenvalue weighted by atomic mass is 10.0. The molecule has 1 aliphatic heterocycles. The van der Waals surface area contributed by atoms with Crippen molar-refractivity contribution >= 4 is 11.6 Å². The predicted molar refractivity (Wildman–Crippen MR) is 78.0 cm³/mol. The summed E-state index contributed by atoms with van der Waals surface area (Å²) in [4.78, 5) is 3.96. The van der Waals surface area contributed by atoms with Crippen molar-refractivity contribution in [3.05, 3.63) is 30.2 Å². The van der Waals surface area contributed by atoms with E-state index in [2.05, 4.69) is 15.2 Å². The fourth-order valence-corrected chi connectivity index (χ4v) is 2.29. The Hall–Kier alpha value is -2.41. The Bertz CT molecular complexity index is 625. The topological polar surface area (TPSA) is 113 Å². The van der Waals surface area contributed by atoms with Gasteiger partial charge in [0, 0.05) is 24.7 Å². The first-order chi connectivity index (χ1) is 10.2. The molecule has 1 aliphatic rings. The van der Waals surface area contributed by atoms with Crippen molar-refractivity contribution in [1.82, 2.24) is 10.2 Å². The first kappa shape index (κ1) is 13.6. The van der Waals surface area contributed by atoms with Crippen LogP contribution in [0.15, 0.2) is 33.7 Å². The average Bonchev–Trinajstić information content (AvgIpc) is 2.98. The molecule has 0 aliphatic carbocycles. The molecule has 1 fully saturated rings. The number of aliphatic imine (C=N–C) groups is 1. The third-order valence-electron chi connectivity index (χ3n) is 3.38. The van der Waals surface area contributed by atoms with Crippen LogP contribution in [0, 0.1) is 0 Å². The quantitative estimate of drug-likeness (QED) is 0.654. The molecule has 0 atom stereocenters. The van der Waals surface area contributed by atoms with Gasteiger partial charge in [-0.25, -0.2) is 4.99 Å². The second-order valence-electron chi connectivity index (χ2n) is 4.92. The summed E-state index contributed by atoms with van der Waals surface area (Å²) in [6, 6.07) is 7.30. The van der Waals surface area contributed by atoms with Gasteiger partial charge in [0.2, 0.25) is 11.8 Å². The molecule has 0 spiro atoms. The third-order valence-corrected chi connectivity index (χ3v) is 3.38. The zero-order valence-corrected chi connectivity index (χ0v) is 11.5. The number of hydrogen-bond acceptors (Lipinski definition) is 5. The lowest BCUT2D eigenvalue weighted by Gasteiger charge is -2.18. The molecule has 1 aromatic heterocycles. The van der Waals surface area contributed by atoms with Crippen molar-refractivity contribution < 1.29 is 9.15 Å². The molecule has 0 radical (unpaired) electrons. The Kier molecular flexibility index (Phi) is 3.83. The lowest BCUT2D eigenvalue weighted by molar-refractivity contribution is 0.0795. The number of hydrogen-bond donors (Lipinski definition) is 2. The van der Waals surface area contributed by atoms with Crippen LogP contribution >= 0.6 is 0 Å². The summed E-state index contributed by atoms with van der Waals surface area (Å²) >= 11 is 0.